The van der Waals surface area contributed by atoms with E-state index in [9.17, 15) is 14.7 Å². The van der Waals surface area contributed by atoms with Crippen LogP contribution in [0.4, 0.5) is 0 Å². The first-order valence-electron chi connectivity index (χ1n) is 13.2. The molecule has 0 atom stereocenters. The zero-order chi connectivity index (χ0) is 26.8. The zero-order valence-electron chi connectivity index (χ0n) is 21.5. The number of nitrogens with one attached hydrogen (secondary N) is 1. The van der Waals surface area contributed by atoms with Crippen molar-refractivity contribution in [2.75, 3.05) is 32.9 Å². The Morgan fingerprint density at radius 2 is 1.77 bits per heavy atom. The number of aromatic amines is 1. The summed E-state index contributed by atoms with van der Waals surface area (Å²) in [6, 6.07) is 18.8. The Labute approximate surface area is 225 Å². The Balaban J connectivity index is 1.34. The van der Waals surface area contributed by atoms with Crippen LogP contribution in [-0.2, 0) is 6.42 Å². The summed E-state index contributed by atoms with van der Waals surface area (Å²) in [6.45, 7) is 1.87. The van der Waals surface area contributed by atoms with Gasteiger partial charge in [-0.25, -0.2) is 4.99 Å². The van der Waals surface area contributed by atoms with Gasteiger partial charge in [0.25, 0.3) is 11.8 Å². The first kappa shape index (κ1) is 24.9. The molecular formula is C31H29N3O5. The molecule has 2 aliphatic rings. The second-order valence-electron chi connectivity index (χ2n) is 9.81. The van der Waals surface area contributed by atoms with E-state index < -0.39 is 5.91 Å². The molecule has 3 heterocycles. The number of benzene rings is 3. The van der Waals surface area contributed by atoms with Gasteiger partial charge in [0, 0.05) is 42.2 Å². The minimum atomic E-state index is -0.521. The summed E-state index contributed by atoms with van der Waals surface area (Å²) in [5.74, 6) is 0.285. The van der Waals surface area contributed by atoms with Gasteiger partial charge in [-0.05, 0) is 59.9 Å². The maximum atomic E-state index is 13.5. The topological polar surface area (TPSA) is 104 Å². The predicted octanol–water partition coefficient (Wildman–Crippen LogP) is 4.66. The average Bonchev–Trinajstić information content (AvgIpc) is 3.67. The lowest BCUT2D eigenvalue weighted by atomic mass is 9.99. The van der Waals surface area contributed by atoms with Gasteiger partial charge in [0.05, 0.1) is 17.9 Å². The van der Waals surface area contributed by atoms with E-state index in [4.69, 9.17) is 9.47 Å². The molecule has 6 rings (SSSR count). The molecule has 8 nitrogen and oxygen atoms in total. The third-order valence-electron chi connectivity index (χ3n) is 7.22. The highest BCUT2D eigenvalue weighted by Gasteiger charge is 2.24. The van der Waals surface area contributed by atoms with Crippen LogP contribution in [0.5, 0.6) is 11.5 Å². The summed E-state index contributed by atoms with van der Waals surface area (Å²) < 4.78 is 11.7. The van der Waals surface area contributed by atoms with Crippen molar-refractivity contribution >= 4 is 28.4 Å². The number of ether oxygens (including phenoxy) is 2. The number of aliphatic hydroxyl groups excluding tert-OH is 1. The average molecular weight is 524 g/mol. The Bertz CT molecular complexity index is 1580. The van der Waals surface area contributed by atoms with E-state index in [1.165, 1.54) is 0 Å². The van der Waals surface area contributed by atoms with Gasteiger partial charge in [0.1, 0.15) is 13.2 Å². The number of amides is 2. The normalized spacial score (nSPS) is 15.1. The Hall–Kier alpha value is -4.43. The molecule has 2 amide bonds. The van der Waals surface area contributed by atoms with Crippen molar-refractivity contribution in [1.29, 1.82) is 0 Å². The molecule has 2 aliphatic heterocycles. The number of hydrogen-bond acceptors (Lipinski definition) is 5. The van der Waals surface area contributed by atoms with Crippen LogP contribution in [-0.4, -0.2) is 65.4 Å². The number of aliphatic imine (C=N–C) groups is 1. The van der Waals surface area contributed by atoms with Gasteiger partial charge in [-0.1, -0.05) is 30.3 Å². The highest BCUT2D eigenvalue weighted by molar-refractivity contribution is 6.08. The number of carbonyl (C=O) groups excluding carboxylic acids is 2. The Morgan fingerprint density at radius 1 is 0.949 bits per heavy atom. The minimum absolute atomic E-state index is 0.0117. The molecule has 1 aromatic heterocycles. The fourth-order valence-electron chi connectivity index (χ4n) is 5.25. The van der Waals surface area contributed by atoms with Crippen molar-refractivity contribution in [3.63, 3.8) is 0 Å². The van der Waals surface area contributed by atoms with E-state index in [0.717, 1.165) is 53.5 Å². The van der Waals surface area contributed by atoms with Gasteiger partial charge in [0.15, 0.2) is 11.5 Å². The van der Waals surface area contributed by atoms with Gasteiger partial charge in [0.2, 0.25) is 0 Å². The number of nitrogens with zero attached hydrogens (tertiary/aromatic N) is 2. The summed E-state index contributed by atoms with van der Waals surface area (Å²) in [4.78, 5) is 35.9. The van der Waals surface area contributed by atoms with Crippen molar-refractivity contribution < 1.29 is 24.2 Å². The van der Waals surface area contributed by atoms with Gasteiger partial charge in [-0.3, -0.25) is 9.59 Å². The second kappa shape index (κ2) is 10.7. The SMILES string of the molecule is O=C(N=C(CO)Cc1c[nH]c2ccccc12)c1cc(-c2cccc(C(=O)N3CCCC3)c2)cc2c1OCCO2. The maximum Gasteiger partial charge on any atom is 0.280 e. The van der Waals surface area contributed by atoms with Crippen molar-refractivity contribution in [2.24, 2.45) is 4.99 Å². The molecule has 4 aromatic rings. The minimum Gasteiger partial charge on any atom is -0.486 e. The molecule has 0 spiro atoms. The Morgan fingerprint density at radius 3 is 2.62 bits per heavy atom. The molecule has 39 heavy (non-hydrogen) atoms. The largest absolute Gasteiger partial charge is 0.486 e. The molecule has 0 unspecified atom stereocenters. The van der Waals surface area contributed by atoms with Crippen LogP contribution in [0.15, 0.2) is 71.9 Å². The van der Waals surface area contributed by atoms with Gasteiger partial charge >= 0.3 is 0 Å². The van der Waals surface area contributed by atoms with Crippen LogP contribution < -0.4 is 9.47 Å². The van der Waals surface area contributed by atoms with Gasteiger partial charge < -0.3 is 24.5 Å². The first-order chi connectivity index (χ1) is 19.1. The third kappa shape index (κ3) is 5.03. The second-order valence-corrected chi connectivity index (χ2v) is 9.81. The molecule has 8 heteroatoms. The number of carbonyl (C=O) groups is 2. The molecule has 0 aliphatic carbocycles. The molecule has 2 N–H and O–H groups in total. The summed E-state index contributed by atoms with van der Waals surface area (Å²) in [5.41, 5.74) is 4.64. The van der Waals surface area contributed by atoms with E-state index >= 15 is 0 Å². The lowest BCUT2D eigenvalue weighted by Gasteiger charge is -2.22. The molecule has 198 valence electrons. The van der Waals surface area contributed by atoms with Crippen molar-refractivity contribution in [3.05, 3.63) is 83.6 Å². The molecule has 0 bridgehead atoms. The zero-order valence-corrected chi connectivity index (χ0v) is 21.5. The number of para-hydroxylation sites is 1. The first-order valence-corrected chi connectivity index (χ1v) is 13.2. The van der Waals surface area contributed by atoms with Crippen LogP contribution >= 0.6 is 0 Å². The summed E-state index contributed by atoms with van der Waals surface area (Å²) in [6.07, 6.45) is 4.24. The fraction of sp³-hybridized carbons (Fsp3) is 0.258. The monoisotopic (exact) mass is 523 g/mol. The van der Waals surface area contributed by atoms with E-state index in [0.29, 0.717) is 42.4 Å². The number of fused-ring (bicyclic) bond motifs is 2. The number of H-pyrrole nitrogens is 1. The van der Waals surface area contributed by atoms with Crippen molar-refractivity contribution in [3.8, 4) is 22.6 Å². The van der Waals surface area contributed by atoms with Crippen molar-refractivity contribution in [1.82, 2.24) is 9.88 Å². The highest BCUT2D eigenvalue weighted by atomic mass is 16.6. The third-order valence-corrected chi connectivity index (χ3v) is 7.22. The standard InChI is InChI=1S/C31H29N3O5/c35-19-24(15-23-18-32-27-9-2-1-8-25(23)27)33-30(36)26-16-22(17-28-29(26)39-13-12-38-28)20-6-5-7-21(14-20)31(37)34-10-3-4-11-34/h1-2,5-9,14,16-18,32,35H,3-4,10-13,15,19H2. The quantitative estimate of drug-likeness (QED) is 0.358. The molecule has 0 saturated carbocycles. The number of likely N-dealkylation sites (tertiary alicyclic amines) is 1. The van der Waals surface area contributed by atoms with Gasteiger partial charge in [-0.2, -0.15) is 0 Å². The van der Waals surface area contributed by atoms with Gasteiger partial charge in [-0.15, -0.1) is 0 Å². The lowest BCUT2D eigenvalue weighted by molar-refractivity contribution is 0.0792. The smallest absolute Gasteiger partial charge is 0.280 e. The molecule has 3 aromatic carbocycles. The fourth-order valence-corrected chi connectivity index (χ4v) is 5.25. The van der Waals surface area contributed by atoms with Crippen LogP contribution in [0, 0.1) is 0 Å². The highest BCUT2D eigenvalue weighted by Crippen LogP contribution is 2.39. The number of hydrogen-bond donors (Lipinski definition) is 2. The van der Waals surface area contributed by atoms with E-state index in [1.54, 1.807) is 6.07 Å². The number of aromatic nitrogens is 1. The van der Waals surface area contributed by atoms with E-state index in [1.807, 2.05) is 65.7 Å². The van der Waals surface area contributed by atoms with Crippen LogP contribution in [0.3, 0.4) is 0 Å². The summed E-state index contributed by atoms with van der Waals surface area (Å²) in [5, 5.41) is 11.1. The number of rotatable bonds is 6. The van der Waals surface area contributed by atoms with Crippen LogP contribution in [0.1, 0.15) is 39.1 Å². The Kier molecular flexibility index (Phi) is 6.85. The predicted molar refractivity (Wildman–Crippen MR) is 149 cm³/mol. The maximum absolute atomic E-state index is 13.5. The molecule has 1 saturated heterocycles. The van der Waals surface area contributed by atoms with E-state index in [-0.39, 0.29) is 18.1 Å². The summed E-state index contributed by atoms with van der Waals surface area (Å²) >= 11 is 0. The summed E-state index contributed by atoms with van der Waals surface area (Å²) in [7, 11) is 0. The van der Waals surface area contributed by atoms with Crippen LogP contribution in [0.2, 0.25) is 0 Å². The lowest BCUT2D eigenvalue weighted by Crippen LogP contribution is -2.27. The number of aliphatic hydroxyl groups is 1. The molecule has 0 radical (unpaired) electrons. The molecule has 1 fully saturated rings. The van der Waals surface area contributed by atoms with E-state index in [2.05, 4.69) is 9.98 Å². The molecular weight excluding hydrogens is 494 g/mol. The van der Waals surface area contributed by atoms with Crippen LogP contribution in [0.25, 0.3) is 22.0 Å². The van der Waals surface area contributed by atoms with Crippen molar-refractivity contribution in [2.45, 2.75) is 19.3 Å².